The third kappa shape index (κ3) is 3.82. The second-order valence-electron chi connectivity index (χ2n) is 6.88. The average molecular weight is 428 g/mol. The Kier molecular flexibility index (Phi) is 5.46. The summed E-state index contributed by atoms with van der Waals surface area (Å²) in [5, 5.41) is 21.9. The summed E-state index contributed by atoms with van der Waals surface area (Å²) in [7, 11) is 0. The number of amides is 1. The molecule has 0 radical (unpaired) electrons. The van der Waals surface area contributed by atoms with Gasteiger partial charge in [0.2, 0.25) is 16.2 Å². The lowest BCUT2D eigenvalue weighted by molar-refractivity contribution is -0.115. The maximum absolute atomic E-state index is 12.7. The Morgan fingerprint density at radius 1 is 1.21 bits per heavy atom. The van der Waals surface area contributed by atoms with E-state index in [9.17, 15) is 4.79 Å². The number of anilines is 1. The molecule has 0 aliphatic rings. The first-order valence-electron chi connectivity index (χ1n) is 9.39. The van der Waals surface area contributed by atoms with Gasteiger partial charge < -0.3 is 4.57 Å². The van der Waals surface area contributed by atoms with Crippen molar-refractivity contribution in [3.8, 4) is 0 Å². The molecule has 0 aliphatic carbocycles. The van der Waals surface area contributed by atoms with Crippen LogP contribution in [0.1, 0.15) is 38.2 Å². The van der Waals surface area contributed by atoms with Crippen LogP contribution in [-0.2, 0) is 4.79 Å². The van der Waals surface area contributed by atoms with Crippen molar-refractivity contribution in [2.24, 2.45) is 0 Å². The molecule has 0 spiro atoms. The number of hydrogen-bond donors (Lipinski definition) is 1. The summed E-state index contributed by atoms with van der Waals surface area (Å²) in [6.45, 7) is 8.04. The third-order valence-corrected chi connectivity index (χ3v) is 6.45. The summed E-state index contributed by atoms with van der Waals surface area (Å²) in [5.74, 6) is -0.137. The number of para-hydroxylation sites is 1. The Labute approximate surface area is 176 Å². The van der Waals surface area contributed by atoms with E-state index in [1.165, 1.54) is 23.1 Å². The number of hydrogen-bond acceptors (Lipinski definition) is 8. The number of aromatic nitrogens is 6. The van der Waals surface area contributed by atoms with Crippen LogP contribution in [0.3, 0.4) is 0 Å². The number of carbonyl (C=O) groups excluding carboxylic acids is 1. The quantitative estimate of drug-likeness (QED) is 0.460. The molecule has 4 rings (SSSR count). The predicted octanol–water partition coefficient (Wildman–Crippen LogP) is 4.23. The largest absolute Gasteiger partial charge is 0.321 e. The van der Waals surface area contributed by atoms with Crippen LogP contribution >= 0.6 is 23.1 Å². The van der Waals surface area contributed by atoms with E-state index >= 15 is 0 Å². The molecule has 29 heavy (non-hydrogen) atoms. The second kappa shape index (κ2) is 8.03. The van der Waals surface area contributed by atoms with Gasteiger partial charge in [-0.1, -0.05) is 48.2 Å². The van der Waals surface area contributed by atoms with Gasteiger partial charge in [0.05, 0.1) is 10.8 Å². The maximum atomic E-state index is 12.7. The summed E-state index contributed by atoms with van der Waals surface area (Å²) < 4.78 is 2.16. The lowest BCUT2D eigenvalue weighted by atomic mass is 10.2. The smallest absolute Gasteiger partial charge is 0.239 e. The number of aryl methyl sites for hydroxylation is 1. The SMILES string of the molecule is CC[C@@H](Sc1nnc2c3ccccc3n(C(C)C)c2n1)C(=O)Nc1nnc(C)s1. The maximum Gasteiger partial charge on any atom is 0.239 e. The van der Waals surface area contributed by atoms with Crippen LogP contribution in [0.15, 0.2) is 29.4 Å². The van der Waals surface area contributed by atoms with Crippen LogP contribution in [0.5, 0.6) is 0 Å². The van der Waals surface area contributed by atoms with E-state index in [-0.39, 0.29) is 17.2 Å². The first-order valence-corrected chi connectivity index (χ1v) is 11.1. The molecule has 0 aliphatic heterocycles. The summed E-state index contributed by atoms with van der Waals surface area (Å²) in [6.07, 6.45) is 0.628. The fourth-order valence-corrected chi connectivity index (χ4v) is 4.61. The van der Waals surface area contributed by atoms with Crippen molar-refractivity contribution in [3.63, 3.8) is 0 Å². The summed E-state index contributed by atoms with van der Waals surface area (Å²) >= 11 is 2.66. The number of benzene rings is 1. The van der Waals surface area contributed by atoms with Gasteiger partial charge in [-0.2, -0.15) is 0 Å². The zero-order valence-electron chi connectivity index (χ0n) is 16.6. The van der Waals surface area contributed by atoms with Crippen LogP contribution in [0, 0.1) is 6.92 Å². The molecule has 1 amide bonds. The summed E-state index contributed by atoms with van der Waals surface area (Å²) in [4.78, 5) is 17.4. The molecule has 1 atom stereocenters. The van der Waals surface area contributed by atoms with E-state index in [2.05, 4.69) is 50.2 Å². The predicted molar refractivity (Wildman–Crippen MR) is 116 cm³/mol. The molecular weight excluding hydrogens is 406 g/mol. The van der Waals surface area contributed by atoms with Crippen molar-refractivity contribution in [2.45, 2.75) is 50.6 Å². The fraction of sp³-hybridized carbons (Fsp3) is 0.368. The molecule has 0 fully saturated rings. The minimum absolute atomic E-state index is 0.137. The minimum Gasteiger partial charge on any atom is -0.321 e. The van der Waals surface area contributed by atoms with E-state index in [1.807, 2.05) is 32.0 Å². The highest BCUT2D eigenvalue weighted by Gasteiger charge is 2.23. The van der Waals surface area contributed by atoms with Gasteiger partial charge in [-0.15, -0.1) is 20.4 Å². The molecule has 3 heterocycles. The molecule has 4 aromatic rings. The van der Waals surface area contributed by atoms with Crippen LogP contribution in [-0.4, -0.2) is 41.1 Å². The molecule has 8 nitrogen and oxygen atoms in total. The van der Waals surface area contributed by atoms with E-state index < -0.39 is 0 Å². The van der Waals surface area contributed by atoms with Crippen LogP contribution < -0.4 is 5.32 Å². The number of fused-ring (bicyclic) bond motifs is 3. The van der Waals surface area contributed by atoms with Crippen LogP contribution in [0.2, 0.25) is 0 Å². The van der Waals surface area contributed by atoms with E-state index in [1.54, 1.807) is 0 Å². The van der Waals surface area contributed by atoms with Crippen molar-refractivity contribution in [1.82, 2.24) is 29.9 Å². The van der Waals surface area contributed by atoms with E-state index in [0.717, 1.165) is 27.1 Å². The lowest BCUT2D eigenvalue weighted by Crippen LogP contribution is -2.24. The van der Waals surface area contributed by atoms with Gasteiger partial charge in [0.25, 0.3) is 0 Å². The summed E-state index contributed by atoms with van der Waals surface area (Å²) in [6, 6.07) is 8.32. The molecule has 3 aromatic heterocycles. The van der Waals surface area contributed by atoms with Crippen molar-refractivity contribution in [1.29, 1.82) is 0 Å². The highest BCUT2D eigenvalue weighted by atomic mass is 32.2. The summed E-state index contributed by atoms with van der Waals surface area (Å²) in [5.41, 5.74) is 2.65. The Balaban J connectivity index is 1.65. The monoisotopic (exact) mass is 427 g/mol. The van der Waals surface area contributed by atoms with Crippen LogP contribution in [0.4, 0.5) is 5.13 Å². The number of nitrogens with one attached hydrogen (secondary N) is 1. The zero-order valence-corrected chi connectivity index (χ0v) is 18.2. The molecule has 0 bridgehead atoms. The lowest BCUT2D eigenvalue weighted by Gasteiger charge is -2.13. The second-order valence-corrected chi connectivity index (χ2v) is 9.23. The highest BCUT2D eigenvalue weighted by Crippen LogP contribution is 2.31. The number of thioether (sulfide) groups is 1. The topological polar surface area (TPSA) is 98.5 Å². The van der Waals surface area contributed by atoms with Crippen molar-refractivity contribution < 1.29 is 4.79 Å². The minimum atomic E-state index is -0.352. The van der Waals surface area contributed by atoms with Gasteiger partial charge in [0.1, 0.15) is 10.5 Å². The van der Waals surface area contributed by atoms with Crippen molar-refractivity contribution in [2.75, 3.05) is 5.32 Å². The standard InChI is InChI=1S/C19H21N7OS2/c1-5-14(17(27)21-19-24-22-11(4)28-19)29-18-20-16-15(23-25-18)12-8-6-7-9-13(12)26(16)10(2)3/h6-10,14H,5H2,1-4H3,(H,21,24,27)/t14-/m1/s1. The van der Waals surface area contributed by atoms with Gasteiger partial charge >= 0.3 is 0 Å². The van der Waals surface area contributed by atoms with Crippen molar-refractivity contribution in [3.05, 3.63) is 29.3 Å². The van der Waals surface area contributed by atoms with Gasteiger partial charge in [-0.3, -0.25) is 10.1 Å². The molecule has 0 unspecified atom stereocenters. The van der Waals surface area contributed by atoms with Crippen molar-refractivity contribution >= 4 is 56.2 Å². The van der Waals surface area contributed by atoms with E-state index in [0.29, 0.717) is 16.7 Å². The Hall–Kier alpha value is -2.59. The Morgan fingerprint density at radius 2 is 2.00 bits per heavy atom. The zero-order chi connectivity index (χ0) is 20.5. The van der Waals surface area contributed by atoms with Gasteiger partial charge in [0.15, 0.2) is 5.65 Å². The number of carbonyl (C=O) groups is 1. The molecule has 1 aromatic carbocycles. The Bertz CT molecular complexity index is 1180. The molecule has 150 valence electrons. The average Bonchev–Trinajstić information content (AvgIpc) is 3.26. The van der Waals surface area contributed by atoms with Gasteiger partial charge in [0, 0.05) is 11.4 Å². The highest BCUT2D eigenvalue weighted by molar-refractivity contribution is 8.00. The molecule has 0 saturated carbocycles. The normalized spacial score (nSPS) is 12.7. The molecule has 10 heteroatoms. The van der Waals surface area contributed by atoms with Gasteiger partial charge in [-0.05, 0) is 33.3 Å². The number of nitrogens with zero attached hydrogens (tertiary/aromatic N) is 6. The number of rotatable bonds is 6. The van der Waals surface area contributed by atoms with E-state index in [4.69, 9.17) is 4.98 Å². The molecular formula is C19H21N7OS2. The first-order chi connectivity index (χ1) is 14.0. The Morgan fingerprint density at radius 3 is 2.69 bits per heavy atom. The van der Waals surface area contributed by atoms with Gasteiger partial charge in [-0.25, -0.2) is 4.98 Å². The third-order valence-electron chi connectivity index (χ3n) is 4.48. The van der Waals surface area contributed by atoms with Crippen LogP contribution in [0.25, 0.3) is 22.1 Å². The first kappa shape index (κ1) is 19.7. The molecule has 0 saturated heterocycles. The fourth-order valence-electron chi connectivity index (χ4n) is 3.20. The molecule has 1 N–H and O–H groups in total.